The van der Waals surface area contributed by atoms with Crippen LogP contribution in [-0.4, -0.2) is 28.2 Å². The van der Waals surface area contributed by atoms with Gasteiger partial charge in [-0.1, -0.05) is 30.3 Å². The van der Waals surface area contributed by atoms with Crippen LogP contribution >= 0.6 is 0 Å². The smallest absolute Gasteiger partial charge is 0.114 e. The van der Waals surface area contributed by atoms with Gasteiger partial charge in [0, 0.05) is 35.8 Å². The van der Waals surface area contributed by atoms with E-state index in [9.17, 15) is 0 Å². The van der Waals surface area contributed by atoms with Crippen molar-refractivity contribution in [1.82, 2.24) is 14.9 Å². The van der Waals surface area contributed by atoms with E-state index in [-0.39, 0.29) is 0 Å². The number of piperidine rings is 1. The minimum Gasteiger partial charge on any atom is -0.382 e. The normalized spacial score (nSPS) is 24.7. The molecule has 2 aliphatic rings. The number of hydrogen-bond donors (Lipinski definition) is 2. The zero-order valence-electron chi connectivity index (χ0n) is 16.9. The van der Waals surface area contributed by atoms with Crippen molar-refractivity contribution in [3.05, 3.63) is 59.4 Å². The van der Waals surface area contributed by atoms with Crippen molar-refractivity contribution in [3.8, 4) is 0 Å². The predicted molar refractivity (Wildman–Crippen MR) is 116 cm³/mol. The van der Waals surface area contributed by atoms with Gasteiger partial charge < -0.3 is 15.2 Å². The van der Waals surface area contributed by atoms with Gasteiger partial charge in [0.15, 0.2) is 0 Å². The van der Waals surface area contributed by atoms with Gasteiger partial charge in [0.1, 0.15) is 5.82 Å². The van der Waals surface area contributed by atoms with Crippen molar-refractivity contribution in [3.63, 3.8) is 0 Å². The van der Waals surface area contributed by atoms with Crippen molar-refractivity contribution in [2.24, 2.45) is 0 Å². The van der Waals surface area contributed by atoms with Crippen LogP contribution in [0.2, 0.25) is 0 Å². The molecule has 0 radical (unpaired) electrons. The number of aromatic nitrogens is 2. The van der Waals surface area contributed by atoms with Gasteiger partial charge in [-0.05, 0) is 63.8 Å². The Hall–Kier alpha value is -2.33. The first-order chi connectivity index (χ1) is 13.7. The fourth-order valence-corrected chi connectivity index (χ4v) is 5.00. The second kappa shape index (κ2) is 7.25. The third-order valence-electron chi connectivity index (χ3n) is 6.44. The topological polar surface area (TPSA) is 41.9 Å². The lowest BCUT2D eigenvalue weighted by atomic mass is 9.97. The summed E-state index contributed by atoms with van der Waals surface area (Å²) in [6, 6.07) is 17.0. The molecule has 1 saturated heterocycles. The molecule has 28 heavy (non-hydrogen) atoms. The van der Waals surface area contributed by atoms with Crippen LogP contribution in [0, 0.1) is 0 Å². The Morgan fingerprint density at radius 1 is 1.04 bits per heavy atom. The Balaban J connectivity index is 1.64. The van der Waals surface area contributed by atoms with E-state index in [4.69, 9.17) is 4.98 Å². The van der Waals surface area contributed by atoms with Crippen LogP contribution in [0.15, 0.2) is 42.5 Å². The maximum Gasteiger partial charge on any atom is 0.114 e. The van der Waals surface area contributed by atoms with Gasteiger partial charge in [0.25, 0.3) is 0 Å². The molecule has 5 rings (SSSR count). The van der Waals surface area contributed by atoms with Crippen molar-refractivity contribution >= 4 is 16.7 Å². The number of benzene rings is 2. The Morgan fingerprint density at radius 3 is 2.71 bits per heavy atom. The van der Waals surface area contributed by atoms with Gasteiger partial charge >= 0.3 is 0 Å². The molecule has 0 aliphatic carbocycles. The number of hydrogen-bond acceptors (Lipinski definition) is 3. The van der Waals surface area contributed by atoms with Crippen molar-refractivity contribution in [2.75, 3.05) is 11.9 Å². The van der Waals surface area contributed by atoms with E-state index in [0.29, 0.717) is 18.1 Å². The van der Waals surface area contributed by atoms with Crippen LogP contribution < -0.4 is 10.6 Å². The third kappa shape index (κ3) is 3.20. The Morgan fingerprint density at radius 2 is 1.89 bits per heavy atom. The molecule has 3 atom stereocenters. The molecule has 4 heteroatoms. The molecular formula is C24H30N4. The number of anilines is 1. The lowest BCUT2D eigenvalue weighted by molar-refractivity contribution is 0.314. The van der Waals surface area contributed by atoms with E-state index in [1.54, 1.807) is 0 Å². The summed E-state index contributed by atoms with van der Waals surface area (Å²) in [6.45, 7) is 5.65. The first-order valence-corrected chi connectivity index (χ1v) is 10.8. The van der Waals surface area contributed by atoms with Gasteiger partial charge in [-0.15, -0.1) is 0 Å². The Labute approximate surface area is 167 Å². The molecule has 3 aromatic rings. The van der Waals surface area contributed by atoms with Crippen molar-refractivity contribution in [1.29, 1.82) is 0 Å². The monoisotopic (exact) mass is 374 g/mol. The fourth-order valence-electron chi connectivity index (χ4n) is 5.00. The number of nitrogens with zero attached hydrogens (tertiary/aromatic N) is 2. The summed E-state index contributed by atoms with van der Waals surface area (Å²) in [4.78, 5) is 5.25. The second-order valence-corrected chi connectivity index (χ2v) is 8.64. The molecule has 0 saturated carbocycles. The average molecular weight is 375 g/mol. The zero-order valence-corrected chi connectivity index (χ0v) is 16.9. The number of nitrogens with one attached hydrogen (secondary N) is 2. The molecule has 2 aliphatic heterocycles. The number of imidazole rings is 1. The molecule has 0 spiro atoms. The molecule has 2 aromatic carbocycles. The quantitative estimate of drug-likeness (QED) is 0.699. The minimum absolute atomic E-state index is 0.522. The molecule has 0 amide bonds. The average Bonchev–Trinajstić information content (AvgIpc) is 3.06. The lowest BCUT2D eigenvalue weighted by Gasteiger charge is -2.31. The summed E-state index contributed by atoms with van der Waals surface area (Å²) in [5.74, 6) is 1.22. The number of rotatable bonds is 3. The standard InChI is InChI=1S/C24H30N4/c1-16-8-9-20-21(26-16)10-11-22-24(20)27-23(15-18-6-4-3-5-7-18)28(22)19-12-13-25-17(2)14-19/h3-7,10-11,16-17,19,25-26H,8-9,12-15H2,1-2H3/t16-,17+,19+/m0/s1. The van der Waals surface area contributed by atoms with Crippen LogP contribution in [-0.2, 0) is 12.8 Å². The van der Waals surface area contributed by atoms with Gasteiger partial charge in [-0.2, -0.15) is 0 Å². The van der Waals surface area contributed by atoms with Crippen LogP contribution in [0.1, 0.15) is 56.1 Å². The van der Waals surface area contributed by atoms with Crippen molar-refractivity contribution in [2.45, 2.75) is 64.1 Å². The predicted octanol–water partition coefficient (Wildman–Crippen LogP) is 4.69. The second-order valence-electron chi connectivity index (χ2n) is 8.64. The summed E-state index contributed by atoms with van der Waals surface area (Å²) in [6.07, 6.45) is 5.53. The lowest BCUT2D eigenvalue weighted by Crippen LogP contribution is -2.37. The number of fused-ring (bicyclic) bond motifs is 3. The largest absolute Gasteiger partial charge is 0.382 e. The van der Waals surface area contributed by atoms with Crippen LogP contribution in [0.5, 0.6) is 0 Å². The molecule has 1 aromatic heterocycles. The van der Waals surface area contributed by atoms with E-state index < -0.39 is 0 Å². The molecule has 146 valence electrons. The van der Waals surface area contributed by atoms with E-state index in [0.717, 1.165) is 19.4 Å². The molecule has 0 bridgehead atoms. The van der Waals surface area contributed by atoms with Gasteiger partial charge in [0.05, 0.1) is 11.0 Å². The Bertz CT molecular complexity index is 975. The van der Waals surface area contributed by atoms with E-state index >= 15 is 0 Å². The maximum atomic E-state index is 5.25. The minimum atomic E-state index is 0.522. The number of aryl methyl sites for hydroxylation is 1. The maximum absolute atomic E-state index is 5.25. The van der Waals surface area contributed by atoms with Crippen LogP contribution in [0.3, 0.4) is 0 Å². The summed E-state index contributed by atoms with van der Waals surface area (Å²) in [7, 11) is 0. The van der Waals surface area contributed by atoms with E-state index in [1.165, 1.54) is 52.9 Å². The third-order valence-corrected chi connectivity index (χ3v) is 6.44. The van der Waals surface area contributed by atoms with Crippen molar-refractivity contribution < 1.29 is 0 Å². The molecule has 2 N–H and O–H groups in total. The zero-order chi connectivity index (χ0) is 19.1. The Kier molecular flexibility index (Phi) is 4.59. The van der Waals surface area contributed by atoms with Gasteiger partial charge in [-0.25, -0.2) is 4.98 Å². The SMILES string of the molecule is C[C@@H]1C[C@H](n2c(Cc3ccccc3)nc3c4c(ccc32)N[C@@H](C)CC4)CCN1. The summed E-state index contributed by atoms with van der Waals surface area (Å²) in [5.41, 5.74) is 6.56. The van der Waals surface area contributed by atoms with Crippen LogP contribution in [0.4, 0.5) is 5.69 Å². The van der Waals surface area contributed by atoms with Gasteiger partial charge in [-0.3, -0.25) is 0 Å². The first kappa shape index (κ1) is 17.7. The first-order valence-electron chi connectivity index (χ1n) is 10.8. The highest BCUT2D eigenvalue weighted by atomic mass is 15.1. The molecular weight excluding hydrogens is 344 g/mol. The van der Waals surface area contributed by atoms with E-state index in [2.05, 4.69) is 71.5 Å². The summed E-state index contributed by atoms with van der Waals surface area (Å²) >= 11 is 0. The summed E-state index contributed by atoms with van der Waals surface area (Å²) in [5, 5.41) is 7.26. The highest BCUT2D eigenvalue weighted by molar-refractivity contribution is 5.86. The molecule has 3 heterocycles. The van der Waals surface area contributed by atoms with Gasteiger partial charge in [0.2, 0.25) is 0 Å². The molecule has 4 nitrogen and oxygen atoms in total. The fraction of sp³-hybridized carbons (Fsp3) is 0.458. The molecule has 1 fully saturated rings. The molecule has 0 unspecified atom stereocenters. The van der Waals surface area contributed by atoms with E-state index in [1.807, 2.05) is 0 Å². The van der Waals surface area contributed by atoms with Crippen LogP contribution in [0.25, 0.3) is 11.0 Å². The highest BCUT2D eigenvalue weighted by Gasteiger charge is 2.27. The highest BCUT2D eigenvalue weighted by Crippen LogP contribution is 2.36. The summed E-state index contributed by atoms with van der Waals surface area (Å²) < 4.78 is 2.57.